The van der Waals surface area contributed by atoms with Crippen LogP contribution in [0.1, 0.15) is 34.8 Å². The SMILES string of the molecule is CN(C)C(=O)c1ccc(F)cc1NC(=O)Oc1nc(C2CC2)cnc1Nc1cncnc1. The Labute approximate surface area is 182 Å². The van der Waals surface area contributed by atoms with E-state index in [2.05, 4.69) is 30.6 Å². The molecule has 0 saturated heterocycles. The van der Waals surface area contributed by atoms with E-state index >= 15 is 0 Å². The van der Waals surface area contributed by atoms with E-state index in [4.69, 9.17) is 4.74 Å². The van der Waals surface area contributed by atoms with Gasteiger partial charge in [0, 0.05) is 20.0 Å². The molecule has 1 aliphatic carbocycles. The van der Waals surface area contributed by atoms with E-state index in [-0.39, 0.29) is 28.9 Å². The van der Waals surface area contributed by atoms with E-state index < -0.39 is 17.8 Å². The van der Waals surface area contributed by atoms with E-state index in [9.17, 15) is 14.0 Å². The summed E-state index contributed by atoms with van der Waals surface area (Å²) in [6.07, 6.45) is 7.08. The van der Waals surface area contributed by atoms with Crippen molar-refractivity contribution in [2.45, 2.75) is 18.8 Å². The fourth-order valence-electron chi connectivity index (χ4n) is 2.89. The monoisotopic (exact) mass is 437 g/mol. The highest BCUT2D eigenvalue weighted by atomic mass is 19.1. The molecule has 2 aromatic heterocycles. The van der Waals surface area contributed by atoms with Crippen LogP contribution in [0.2, 0.25) is 0 Å². The Hall–Kier alpha value is -4.15. The Morgan fingerprint density at radius 2 is 1.91 bits per heavy atom. The van der Waals surface area contributed by atoms with Crippen molar-refractivity contribution in [1.82, 2.24) is 24.8 Å². The largest absolute Gasteiger partial charge is 0.418 e. The highest BCUT2D eigenvalue weighted by Crippen LogP contribution is 2.40. The predicted molar refractivity (Wildman–Crippen MR) is 113 cm³/mol. The molecular formula is C21H20FN7O3. The van der Waals surface area contributed by atoms with Crippen LogP contribution >= 0.6 is 0 Å². The van der Waals surface area contributed by atoms with Crippen LogP contribution in [0, 0.1) is 5.82 Å². The highest BCUT2D eigenvalue weighted by Gasteiger charge is 2.27. The fourth-order valence-corrected chi connectivity index (χ4v) is 2.89. The van der Waals surface area contributed by atoms with Gasteiger partial charge in [-0.2, -0.15) is 0 Å². The first-order chi connectivity index (χ1) is 15.4. The first-order valence-corrected chi connectivity index (χ1v) is 9.79. The lowest BCUT2D eigenvalue weighted by atomic mass is 10.1. The summed E-state index contributed by atoms with van der Waals surface area (Å²) >= 11 is 0. The second-order valence-corrected chi connectivity index (χ2v) is 7.38. The minimum absolute atomic E-state index is 0.0222. The van der Waals surface area contributed by atoms with Gasteiger partial charge < -0.3 is 15.0 Å². The number of hydrogen-bond acceptors (Lipinski definition) is 8. The molecule has 4 rings (SSSR count). The molecule has 0 radical (unpaired) electrons. The number of carbonyl (C=O) groups is 2. The number of rotatable bonds is 6. The number of amides is 2. The van der Waals surface area contributed by atoms with Crippen molar-refractivity contribution in [3.63, 3.8) is 0 Å². The van der Waals surface area contributed by atoms with Crippen molar-refractivity contribution in [1.29, 1.82) is 0 Å². The van der Waals surface area contributed by atoms with Gasteiger partial charge in [-0.25, -0.2) is 29.1 Å². The second-order valence-electron chi connectivity index (χ2n) is 7.38. The zero-order chi connectivity index (χ0) is 22.7. The maximum absolute atomic E-state index is 13.8. The third-order valence-corrected chi connectivity index (χ3v) is 4.62. The van der Waals surface area contributed by atoms with Gasteiger partial charge >= 0.3 is 6.09 Å². The van der Waals surface area contributed by atoms with Crippen LogP contribution < -0.4 is 15.4 Å². The molecule has 2 N–H and O–H groups in total. The molecule has 1 aliphatic rings. The van der Waals surface area contributed by atoms with Gasteiger partial charge in [0.2, 0.25) is 0 Å². The zero-order valence-electron chi connectivity index (χ0n) is 17.4. The van der Waals surface area contributed by atoms with Crippen molar-refractivity contribution in [2.24, 2.45) is 0 Å². The molecule has 10 nitrogen and oxygen atoms in total. The zero-order valence-corrected chi connectivity index (χ0v) is 17.4. The second kappa shape index (κ2) is 8.92. The van der Waals surface area contributed by atoms with Crippen molar-refractivity contribution >= 4 is 29.2 Å². The molecule has 32 heavy (non-hydrogen) atoms. The van der Waals surface area contributed by atoms with Crippen LogP contribution in [0.5, 0.6) is 5.88 Å². The molecule has 0 aliphatic heterocycles. The molecule has 164 valence electrons. The lowest BCUT2D eigenvalue weighted by Crippen LogP contribution is -2.25. The fraction of sp³-hybridized carbons (Fsp3) is 0.238. The van der Waals surface area contributed by atoms with Crippen LogP contribution in [-0.4, -0.2) is 50.9 Å². The van der Waals surface area contributed by atoms with Gasteiger partial charge in [0.25, 0.3) is 11.8 Å². The van der Waals surface area contributed by atoms with Gasteiger partial charge in [-0.15, -0.1) is 0 Å². The minimum Gasteiger partial charge on any atom is -0.387 e. The van der Waals surface area contributed by atoms with Gasteiger partial charge in [-0.1, -0.05) is 0 Å². The number of carbonyl (C=O) groups excluding carboxylic acids is 2. The lowest BCUT2D eigenvalue weighted by molar-refractivity contribution is 0.0828. The molecule has 3 aromatic rings. The summed E-state index contributed by atoms with van der Waals surface area (Å²) in [6.45, 7) is 0. The predicted octanol–water partition coefficient (Wildman–Crippen LogP) is 3.34. The van der Waals surface area contributed by atoms with Crippen molar-refractivity contribution in [3.8, 4) is 5.88 Å². The van der Waals surface area contributed by atoms with Crippen LogP contribution in [0.4, 0.5) is 26.4 Å². The quantitative estimate of drug-likeness (QED) is 0.602. The minimum atomic E-state index is -0.946. The highest BCUT2D eigenvalue weighted by molar-refractivity contribution is 6.02. The summed E-state index contributed by atoms with van der Waals surface area (Å²) < 4.78 is 19.2. The Balaban J connectivity index is 1.58. The summed E-state index contributed by atoms with van der Waals surface area (Å²) in [4.78, 5) is 42.9. The smallest absolute Gasteiger partial charge is 0.387 e. The van der Waals surface area contributed by atoms with E-state index in [1.54, 1.807) is 20.3 Å². The van der Waals surface area contributed by atoms with Crippen molar-refractivity contribution < 1.29 is 18.7 Å². The Kier molecular flexibility index (Phi) is 5.88. The van der Waals surface area contributed by atoms with Crippen LogP contribution in [0.15, 0.2) is 43.1 Å². The van der Waals surface area contributed by atoms with Gasteiger partial charge in [-0.3, -0.25) is 10.1 Å². The lowest BCUT2D eigenvalue weighted by Gasteiger charge is -2.15. The van der Waals surface area contributed by atoms with E-state index in [0.717, 1.165) is 25.0 Å². The first-order valence-electron chi connectivity index (χ1n) is 9.79. The van der Waals surface area contributed by atoms with Crippen LogP contribution in [-0.2, 0) is 0 Å². The molecule has 0 bridgehead atoms. The van der Waals surface area contributed by atoms with Gasteiger partial charge in [0.15, 0.2) is 5.82 Å². The molecule has 11 heteroatoms. The summed E-state index contributed by atoms with van der Waals surface area (Å²) in [6, 6.07) is 3.48. The topological polar surface area (TPSA) is 122 Å². The van der Waals surface area contributed by atoms with Crippen molar-refractivity contribution in [2.75, 3.05) is 24.7 Å². The molecule has 1 fully saturated rings. The Morgan fingerprint density at radius 3 is 2.59 bits per heavy atom. The van der Waals surface area contributed by atoms with E-state index in [1.165, 1.54) is 29.7 Å². The molecular weight excluding hydrogens is 417 g/mol. The Morgan fingerprint density at radius 1 is 1.16 bits per heavy atom. The maximum atomic E-state index is 13.8. The van der Waals surface area contributed by atoms with E-state index in [1.807, 2.05) is 0 Å². The molecule has 0 atom stereocenters. The van der Waals surface area contributed by atoms with Crippen molar-refractivity contribution in [3.05, 3.63) is 60.2 Å². The maximum Gasteiger partial charge on any atom is 0.418 e. The molecule has 1 aromatic carbocycles. The third kappa shape index (κ3) is 4.94. The Bertz CT molecular complexity index is 1150. The molecule has 0 spiro atoms. The standard InChI is InChI=1S/C21H20FN7O3/c1-29(2)20(30)15-6-5-13(22)7-16(15)28-21(31)32-19-18(26-14-8-23-11-24-9-14)25-10-17(27-19)12-3-4-12/h5-12H,3-4H2,1-2H3,(H,25,26)(H,28,31). The van der Waals surface area contributed by atoms with Gasteiger partial charge in [-0.05, 0) is 31.0 Å². The molecule has 2 amide bonds. The number of anilines is 3. The molecule has 0 unspecified atom stereocenters. The summed E-state index contributed by atoms with van der Waals surface area (Å²) in [5, 5.41) is 5.38. The molecule has 1 saturated carbocycles. The summed E-state index contributed by atoms with van der Waals surface area (Å²) in [7, 11) is 3.11. The average molecular weight is 437 g/mol. The number of halogens is 1. The van der Waals surface area contributed by atoms with Gasteiger partial charge in [0.1, 0.15) is 12.1 Å². The number of aromatic nitrogens is 4. The van der Waals surface area contributed by atoms with Crippen LogP contribution in [0.25, 0.3) is 0 Å². The van der Waals surface area contributed by atoms with E-state index in [0.29, 0.717) is 11.4 Å². The summed E-state index contributed by atoms with van der Waals surface area (Å²) in [5.41, 5.74) is 1.32. The number of benzene rings is 1. The summed E-state index contributed by atoms with van der Waals surface area (Å²) in [5.74, 6) is -0.620. The molecule has 2 heterocycles. The van der Waals surface area contributed by atoms with Gasteiger partial charge in [0.05, 0.1) is 41.2 Å². The number of nitrogens with one attached hydrogen (secondary N) is 2. The first kappa shape index (κ1) is 21.1. The number of nitrogens with zero attached hydrogens (tertiary/aromatic N) is 5. The van der Waals surface area contributed by atoms with Crippen LogP contribution in [0.3, 0.4) is 0 Å². The normalized spacial score (nSPS) is 12.7. The number of hydrogen-bond donors (Lipinski definition) is 2. The number of ether oxygens (including phenoxy) is 1. The average Bonchev–Trinajstić information content (AvgIpc) is 3.61. The third-order valence-electron chi connectivity index (χ3n) is 4.62.